The second-order valence-electron chi connectivity index (χ2n) is 3.83. The average Bonchev–Trinajstić information content (AvgIpc) is 2.29. The van der Waals surface area contributed by atoms with E-state index in [0.29, 0.717) is 11.3 Å². The fraction of sp³-hybridized carbons (Fsp3) is 0.417. The highest BCUT2D eigenvalue weighted by atomic mass is 16.2. The van der Waals surface area contributed by atoms with Crippen molar-refractivity contribution in [1.82, 2.24) is 0 Å². The third-order valence-electron chi connectivity index (χ3n) is 2.38. The quantitative estimate of drug-likeness (QED) is 0.658. The van der Waals surface area contributed by atoms with Crippen LogP contribution in [-0.2, 0) is 0 Å². The first-order valence-corrected chi connectivity index (χ1v) is 5.34. The molecule has 1 unspecified atom stereocenters. The Balaban J connectivity index is 2.64. The molecule has 0 saturated heterocycles. The number of nitrogens with two attached hydrogens (primary N) is 1. The van der Waals surface area contributed by atoms with Gasteiger partial charge in [0, 0.05) is 12.6 Å². The van der Waals surface area contributed by atoms with Crippen LogP contribution >= 0.6 is 0 Å². The van der Waals surface area contributed by atoms with Crippen LogP contribution in [0.25, 0.3) is 0 Å². The van der Waals surface area contributed by atoms with Gasteiger partial charge in [-0.05, 0) is 38.0 Å². The highest BCUT2D eigenvalue weighted by Gasteiger charge is 2.05. The maximum atomic E-state index is 8.72. The number of aliphatic hydroxyl groups excluding tert-OH is 1. The summed E-state index contributed by atoms with van der Waals surface area (Å²) in [4.78, 5) is 0. The second kappa shape index (κ2) is 5.99. The third kappa shape index (κ3) is 3.44. The van der Waals surface area contributed by atoms with Crippen LogP contribution < -0.4 is 11.1 Å². The van der Waals surface area contributed by atoms with Gasteiger partial charge in [0.2, 0.25) is 0 Å². The molecule has 0 aliphatic rings. The monoisotopic (exact) mass is 219 g/mol. The molecule has 0 heterocycles. The van der Waals surface area contributed by atoms with Gasteiger partial charge in [-0.25, -0.2) is 0 Å². The zero-order chi connectivity index (χ0) is 12.0. The molecule has 0 amide bonds. The van der Waals surface area contributed by atoms with E-state index in [9.17, 15) is 0 Å². The van der Waals surface area contributed by atoms with E-state index in [1.165, 1.54) is 0 Å². The first kappa shape index (κ1) is 12.3. The molecule has 0 spiro atoms. The van der Waals surface area contributed by atoms with Crippen LogP contribution in [0.2, 0.25) is 0 Å². The number of nitrogen functional groups attached to an aromatic ring is 1. The molecular formula is C12H17N3O. The molecule has 1 rings (SSSR count). The van der Waals surface area contributed by atoms with Gasteiger partial charge >= 0.3 is 0 Å². The van der Waals surface area contributed by atoms with Crippen molar-refractivity contribution in [3.8, 4) is 6.07 Å². The van der Waals surface area contributed by atoms with E-state index >= 15 is 0 Å². The van der Waals surface area contributed by atoms with Crippen molar-refractivity contribution in [3.63, 3.8) is 0 Å². The number of anilines is 2. The van der Waals surface area contributed by atoms with Gasteiger partial charge in [0.05, 0.1) is 23.0 Å². The molecule has 1 aromatic carbocycles. The van der Waals surface area contributed by atoms with Gasteiger partial charge in [-0.2, -0.15) is 5.26 Å². The maximum absolute atomic E-state index is 8.72. The molecule has 4 nitrogen and oxygen atoms in total. The van der Waals surface area contributed by atoms with Crippen LogP contribution in [0.15, 0.2) is 18.2 Å². The highest BCUT2D eigenvalue weighted by Crippen LogP contribution is 2.21. The molecule has 16 heavy (non-hydrogen) atoms. The van der Waals surface area contributed by atoms with Crippen LogP contribution in [0, 0.1) is 11.3 Å². The molecule has 0 radical (unpaired) electrons. The summed E-state index contributed by atoms with van der Waals surface area (Å²) in [6.07, 6.45) is 1.65. The van der Waals surface area contributed by atoms with Gasteiger partial charge in [-0.15, -0.1) is 0 Å². The Morgan fingerprint density at radius 2 is 2.31 bits per heavy atom. The van der Waals surface area contributed by atoms with Gasteiger partial charge in [-0.1, -0.05) is 0 Å². The molecule has 0 saturated carbocycles. The van der Waals surface area contributed by atoms with Crippen LogP contribution in [0.5, 0.6) is 0 Å². The van der Waals surface area contributed by atoms with E-state index in [-0.39, 0.29) is 12.6 Å². The van der Waals surface area contributed by atoms with Crippen molar-refractivity contribution in [1.29, 1.82) is 5.26 Å². The van der Waals surface area contributed by atoms with Crippen LogP contribution in [0.3, 0.4) is 0 Å². The molecule has 86 valence electrons. The minimum Gasteiger partial charge on any atom is -0.397 e. The Morgan fingerprint density at radius 3 is 2.88 bits per heavy atom. The van der Waals surface area contributed by atoms with Crippen molar-refractivity contribution >= 4 is 11.4 Å². The van der Waals surface area contributed by atoms with Crippen LogP contribution in [0.1, 0.15) is 25.3 Å². The minimum absolute atomic E-state index is 0.203. The molecule has 0 aliphatic carbocycles. The summed E-state index contributed by atoms with van der Waals surface area (Å²) in [5, 5.41) is 20.7. The highest BCUT2D eigenvalue weighted by molar-refractivity contribution is 5.68. The van der Waals surface area contributed by atoms with E-state index in [4.69, 9.17) is 16.1 Å². The Labute approximate surface area is 95.7 Å². The average molecular weight is 219 g/mol. The fourth-order valence-corrected chi connectivity index (χ4v) is 1.50. The summed E-state index contributed by atoms with van der Waals surface area (Å²) in [6, 6.07) is 7.49. The predicted molar refractivity (Wildman–Crippen MR) is 65.0 cm³/mol. The Morgan fingerprint density at radius 1 is 1.56 bits per heavy atom. The fourth-order valence-electron chi connectivity index (χ4n) is 1.50. The van der Waals surface area contributed by atoms with Crippen molar-refractivity contribution in [3.05, 3.63) is 23.8 Å². The summed E-state index contributed by atoms with van der Waals surface area (Å²) in [6.45, 7) is 2.24. The molecule has 1 aromatic rings. The lowest BCUT2D eigenvalue weighted by atomic mass is 10.1. The smallest absolute Gasteiger partial charge is 0.0992 e. The zero-order valence-electron chi connectivity index (χ0n) is 9.40. The summed E-state index contributed by atoms with van der Waals surface area (Å²) in [7, 11) is 0. The van der Waals surface area contributed by atoms with Crippen molar-refractivity contribution < 1.29 is 5.11 Å². The Kier molecular flexibility index (Phi) is 4.62. The molecule has 4 N–H and O–H groups in total. The van der Waals surface area contributed by atoms with Crippen molar-refractivity contribution in [2.45, 2.75) is 25.8 Å². The lowest BCUT2D eigenvalue weighted by molar-refractivity contribution is 0.282. The molecule has 4 heteroatoms. The molecular weight excluding hydrogens is 202 g/mol. The summed E-state index contributed by atoms with van der Waals surface area (Å²) >= 11 is 0. The first-order chi connectivity index (χ1) is 7.67. The van der Waals surface area contributed by atoms with Gasteiger partial charge < -0.3 is 16.2 Å². The van der Waals surface area contributed by atoms with Crippen LogP contribution in [-0.4, -0.2) is 17.8 Å². The standard InChI is InChI=1S/C12H17N3O/c1-9(3-2-6-16)15-12-5-4-10(8-13)7-11(12)14/h4-5,7,9,15-16H,2-3,6,14H2,1H3. The largest absolute Gasteiger partial charge is 0.397 e. The molecule has 0 fully saturated rings. The van der Waals surface area contributed by atoms with E-state index < -0.39 is 0 Å². The number of nitriles is 1. The van der Waals surface area contributed by atoms with Gasteiger partial charge in [0.1, 0.15) is 0 Å². The maximum Gasteiger partial charge on any atom is 0.0992 e. The van der Waals surface area contributed by atoms with E-state index in [1.54, 1.807) is 12.1 Å². The molecule has 0 aromatic heterocycles. The van der Waals surface area contributed by atoms with Gasteiger partial charge in [0.15, 0.2) is 0 Å². The topological polar surface area (TPSA) is 82.1 Å². The number of aliphatic hydroxyl groups is 1. The third-order valence-corrected chi connectivity index (χ3v) is 2.38. The lowest BCUT2D eigenvalue weighted by Crippen LogP contribution is -2.16. The second-order valence-corrected chi connectivity index (χ2v) is 3.83. The Hall–Kier alpha value is -1.73. The lowest BCUT2D eigenvalue weighted by Gasteiger charge is -2.16. The van der Waals surface area contributed by atoms with Crippen molar-refractivity contribution in [2.24, 2.45) is 0 Å². The number of nitrogens with zero attached hydrogens (tertiary/aromatic N) is 1. The molecule has 0 aliphatic heterocycles. The predicted octanol–water partition coefficient (Wildman–Crippen LogP) is 1.71. The van der Waals surface area contributed by atoms with Gasteiger partial charge in [-0.3, -0.25) is 0 Å². The summed E-state index contributed by atoms with van der Waals surface area (Å²) < 4.78 is 0. The minimum atomic E-state index is 0.203. The molecule has 0 bridgehead atoms. The summed E-state index contributed by atoms with van der Waals surface area (Å²) in [5.41, 5.74) is 7.79. The molecule has 1 atom stereocenters. The Bertz CT molecular complexity index is 384. The normalized spacial score (nSPS) is 11.8. The number of hydrogen-bond acceptors (Lipinski definition) is 4. The van der Waals surface area contributed by atoms with E-state index in [2.05, 4.69) is 5.32 Å². The number of benzene rings is 1. The van der Waals surface area contributed by atoms with Gasteiger partial charge in [0.25, 0.3) is 0 Å². The van der Waals surface area contributed by atoms with Crippen LogP contribution in [0.4, 0.5) is 11.4 Å². The number of nitrogens with one attached hydrogen (secondary N) is 1. The first-order valence-electron chi connectivity index (χ1n) is 5.34. The van der Waals surface area contributed by atoms with E-state index in [1.807, 2.05) is 19.1 Å². The number of hydrogen-bond donors (Lipinski definition) is 3. The summed E-state index contributed by atoms with van der Waals surface area (Å²) in [5.74, 6) is 0. The number of rotatable bonds is 5. The zero-order valence-corrected chi connectivity index (χ0v) is 9.40. The SMILES string of the molecule is CC(CCCO)Nc1ccc(C#N)cc1N. The van der Waals surface area contributed by atoms with Crippen molar-refractivity contribution in [2.75, 3.05) is 17.7 Å². The van der Waals surface area contributed by atoms with E-state index in [0.717, 1.165) is 18.5 Å².